The van der Waals surface area contributed by atoms with Gasteiger partial charge in [-0.3, -0.25) is 0 Å². The summed E-state index contributed by atoms with van der Waals surface area (Å²) in [6.07, 6.45) is 36.1. The monoisotopic (exact) mass is 1550 g/mol. The number of ether oxygens (including phenoxy) is 4. The maximum atomic E-state index is 13.1. The molecule has 0 saturated heterocycles. The summed E-state index contributed by atoms with van der Waals surface area (Å²) in [4.78, 5) is 52.3. The minimum atomic E-state index is -0.250. The molecule has 0 radical (unpaired) electrons. The number of amides is 8. The van der Waals surface area contributed by atoms with Gasteiger partial charge < -0.3 is 61.5 Å². The first kappa shape index (κ1) is 95.7. The summed E-state index contributed by atoms with van der Waals surface area (Å²) < 4.78 is 29.6. The fraction of sp³-hybridized carbons (Fsp3) is 0.708. The van der Waals surface area contributed by atoms with Crippen LogP contribution in [0.3, 0.4) is 0 Å². The van der Waals surface area contributed by atoms with E-state index in [1.54, 1.807) is 0 Å². The largest absolute Gasteiger partial charge is 0.493 e. The van der Waals surface area contributed by atoms with Crippen LogP contribution in [0, 0.1) is 0 Å². The van der Waals surface area contributed by atoms with Crippen molar-refractivity contribution in [3.63, 3.8) is 0 Å². The lowest BCUT2D eigenvalue weighted by molar-refractivity contribution is 0.239. The molecule has 0 atom stereocenters. The van der Waals surface area contributed by atoms with Crippen LogP contribution in [0.15, 0.2) is 48.5 Å². The van der Waals surface area contributed by atoms with Crippen molar-refractivity contribution in [1.29, 1.82) is 0 Å². The summed E-state index contributed by atoms with van der Waals surface area (Å²) in [5.74, 6) is 3.42. The first-order valence-corrected chi connectivity index (χ1v) is 44.9. The van der Waals surface area contributed by atoms with Crippen molar-refractivity contribution in [3.05, 3.63) is 115 Å². The molecule has 4 aromatic carbocycles. The lowest BCUT2D eigenvalue weighted by Gasteiger charge is -2.29. The molecule has 0 heterocycles. The number of hydrogen-bond donors (Lipinski definition) is 8. The highest BCUT2D eigenvalue weighted by Crippen LogP contribution is 2.45. The normalized spacial score (nSPS) is 12.4. The van der Waals surface area contributed by atoms with Gasteiger partial charge in [-0.15, -0.1) is 0 Å². The van der Waals surface area contributed by atoms with E-state index >= 15 is 0 Å². The second-order valence-corrected chi connectivity index (χ2v) is 36.2. The summed E-state index contributed by atoms with van der Waals surface area (Å²) in [5, 5.41) is 24.9. The van der Waals surface area contributed by atoms with Crippen LogP contribution in [-0.4, -0.2) is 103 Å². The number of unbranched alkanes of at least 4 members (excludes halogenated alkanes) is 24. The number of benzene rings is 4. The fourth-order valence-corrected chi connectivity index (χ4v) is 14.5. The van der Waals surface area contributed by atoms with Gasteiger partial charge in [0, 0.05) is 78.0 Å². The van der Waals surface area contributed by atoms with Crippen LogP contribution in [0.2, 0.25) is 0 Å². The van der Waals surface area contributed by atoms with E-state index in [2.05, 4.69) is 202 Å². The van der Waals surface area contributed by atoms with E-state index in [-0.39, 0.29) is 45.8 Å². The Labute approximate surface area is 681 Å². The number of rotatable bonds is 52. The van der Waals surface area contributed by atoms with Crippen molar-refractivity contribution in [2.24, 2.45) is 0 Å². The quantitative estimate of drug-likeness (QED) is 0.0176. The second-order valence-electron chi connectivity index (χ2n) is 36.2. The minimum Gasteiger partial charge on any atom is -0.493 e. The average molecular weight is 1550 g/mol. The van der Waals surface area contributed by atoms with Gasteiger partial charge in [0.2, 0.25) is 0 Å². The molecule has 0 spiro atoms. The number of urea groups is 4. The predicted molar refractivity (Wildman–Crippen MR) is 470 cm³/mol. The van der Waals surface area contributed by atoms with Gasteiger partial charge in [-0.1, -0.05) is 288 Å². The van der Waals surface area contributed by atoms with Gasteiger partial charge in [-0.05, 0) is 165 Å². The van der Waals surface area contributed by atoms with Gasteiger partial charge in [0.05, 0.1) is 26.4 Å². The zero-order valence-corrected chi connectivity index (χ0v) is 73.8. The number of fused-ring (bicyclic) bond motifs is 8. The Morgan fingerprint density at radius 2 is 0.375 bits per heavy atom. The fourth-order valence-electron chi connectivity index (χ4n) is 14.5. The van der Waals surface area contributed by atoms with Gasteiger partial charge in [-0.25, -0.2) is 19.2 Å². The van der Waals surface area contributed by atoms with Crippen LogP contribution in [0.25, 0.3) is 0 Å². The summed E-state index contributed by atoms with van der Waals surface area (Å²) in [5.41, 5.74) is 12.4. The molecule has 8 amide bonds. The average Bonchev–Trinajstić information content (AvgIpc) is 0.763. The standard InChI is InChI=1S/C96H160N8O8/c1-17-21-25-29-33-37-49-97-89(105)101-53-41-45-57-109-85-73-61-75-67-82(94(8,9)10)69-77(86(75)110-58-46-42-54-102-90(106)98-50-38-34-30-26-22-18-2)63-79-71-84(96(14,15)16)72-80(88(79)112-60-48-44-56-104-92(108)100-52-40-36-32-28-24-20-4)64-78-70-83(95(11,12)13)68-76(62-74(85)66-81(65-73)93(5,6)7)87(78)111-59-47-43-55-103-91(107)99-51-39-35-31-27-23-19-3/h65-72H,17-64H2,1-16H3,(H2,97,101,105)(H2,98,102,106)(H2,99,103,107)(H2,100,104,108). The Kier molecular flexibility index (Phi) is 45.0. The van der Waals surface area contributed by atoms with E-state index < -0.39 is 0 Å². The van der Waals surface area contributed by atoms with Crippen molar-refractivity contribution < 1.29 is 38.1 Å². The number of nitrogens with one attached hydrogen (secondary N) is 8. The van der Waals surface area contributed by atoms with Crippen LogP contribution in [0.1, 0.15) is 383 Å². The van der Waals surface area contributed by atoms with Crippen LogP contribution in [-0.2, 0) is 47.3 Å². The molecule has 16 nitrogen and oxygen atoms in total. The van der Waals surface area contributed by atoms with E-state index in [1.807, 2.05) is 0 Å². The Bertz CT molecular complexity index is 2820. The second kappa shape index (κ2) is 52.6. The lowest BCUT2D eigenvalue weighted by atomic mass is 9.79. The van der Waals surface area contributed by atoms with Crippen LogP contribution in [0.4, 0.5) is 19.2 Å². The van der Waals surface area contributed by atoms with E-state index in [1.165, 1.54) is 125 Å². The molecule has 0 fully saturated rings. The molecule has 8 bridgehead atoms. The maximum Gasteiger partial charge on any atom is 0.314 e. The maximum absolute atomic E-state index is 13.1. The summed E-state index contributed by atoms with van der Waals surface area (Å²) in [6, 6.07) is 18.6. The van der Waals surface area contributed by atoms with Crippen molar-refractivity contribution in [3.8, 4) is 23.0 Å². The highest BCUT2D eigenvalue weighted by atomic mass is 16.5. The molecule has 0 aliphatic heterocycles. The molecule has 0 unspecified atom stereocenters. The number of hydrogen-bond acceptors (Lipinski definition) is 8. The molecule has 632 valence electrons. The van der Waals surface area contributed by atoms with Gasteiger partial charge >= 0.3 is 24.1 Å². The zero-order chi connectivity index (χ0) is 81.6. The van der Waals surface area contributed by atoms with E-state index in [0.717, 1.165) is 170 Å². The van der Waals surface area contributed by atoms with Crippen LogP contribution >= 0.6 is 0 Å². The predicted octanol–water partition coefficient (Wildman–Crippen LogP) is 22.8. The molecule has 8 N–H and O–H groups in total. The topological polar surface area (TPSA) is 201 Å². The van der Waals surface area contributed by atoms with Gasteiger partial charge in [0.25, 0.3) is 0 Å². The van der Waals surface area contributed by atoms with E-state index in [0.29, 0.717) is 104 Å². The molecular weight excluding hydrogens is 1390 g/mol. The first-order chi connectivity index (χ1) is 53.7. The first-order valence-electron chi connectivity index (χ1n) is 44.9. The van der Waals surface area contributed by atoms with Crippen LogP contribution in [0.5, 0.6) is 23.0 Å². The minimum absolute atomic E-state index is 0.122. The molecule has 5 rings (SSSR count). The molecule has 112 heavy (non-hydrogen) atoms. The molecular formula is C96H160N8O8. The Hall–Kier alpha value is -6.84. The third-order valence-electron chi connectivity index (χ3n) is 21.6. The molecule has 0 saturated carbocycles. The van der Waals surface area contributed by atoms with Crippen molar-refractivity contribution in [2.75, 3.05) is 78.8 Å². The Morgan fingerprint density at radius 3 is 0.527 bits per heavy atom. The molecule has 0 aromatic heterocycles. The third kappa shape index (κ3) is 37.6. The van der Waals surface area contributed by atoms with Crippen LogP contribution < -0.4 is 61.5 Å². The molecule has 1 aliphatic carbocycles. The summed E-state index contributed by atoms with van der Waals surface area (Å²) >= 11 is 0. The van der Waals surface area contributed by atoms with Crippen molar-refractivity contribution in [2.45, 2.75) is 364 Å². The zero-order valence-electron chi connectivity index (χ0n) is 73.8. The van der Waals surface area contributed by atoms with Gasteiger partial charge in [0.1, 0.15) is 23.0 Å². The third-order valence-corrected chi connectivity index (χ3v) is 21.6. The molecule has 4 aromatic rings. The highest BCUT2D eigenvalue weighted by molar-refractivity contribution is 5.75. The van der Waals surface area contributed by atoms with E-state index in [4.69, 9.17) is 18.9 Å². The Balaban J connectivity index is 1.69. The van der Waals surface area contributed by atoms with E-state index in [9.17, 15) is 19.2 Å². The SMILES string of the molecule is CCCCCCCCNC(=O)NCCCCOc1c2cc(C(C)(C)C)cc1Cc1cc(C(C)(C)C)cc(c1OCCCCNC(=O)NCCCCCCCC)Cc1cc(C(C)(C)C)cc(c1OCCCCNC(=O)NCCCCCCCC)Cc1cc(C(C)(C)C)cc(c1OCCCCNC(=O)NCCCCCCCC)C2. The summed E-state index contributed by atoms with van der Waals surface area (Å²) in [6.45, 7) is 43.1. The summed E-state index contributed by atoms with van der Waals surface area (Å²) in [7, 11) is 0. The lowest BCUT2D eigenvalue weighted by Crippen LogP contribution is -2.36. The molecule has 1 aliphatic rings. The van der Waals surface area contributed by atoms with Gasteiger partial charge in [-0.2, -0.15) is 0 Å². The highest BCUT2D eigenvalue weighted by Gasteiger charge is 2.30. The van der Waals surface area contributed by atoms with Gasteiger partial charge in [0.15, 0.2) is 0 Å². The van der Waals surface area contributed by atoms with Crippen molar-refractivity contribution >= 4 is 24.1 Å². The smallest absolute Gasteiger partial charge is 0.314 e. The number of carbonyl (C=O) groups excluding carboxylic acids is 4. The Morgan fingerprint density at radius 1 is 0.232 bits per heavy atom. The number of carbonyl (C=O) groups is 4. The molecule has 16 heteroatoms. The van der Waals surface area contributed by atoms with Crippen molar-refractivity contribution in [1.82, 2.24) is 42.5 Å².